The summed E-state index contributed by atoms with van der Waals surface area (Å²) in [6, 6.07) is 7.75. The third kappa shape index (κ3) is 2.51. The van der Waals surface area contributed by atoms with Crippen molar-refractivity contribution >= 4 is 22.4 Å². The lowest BCUT2D eigenvalue weighted by Crippen LogP contribution is -2.30. The summed E-state index contributed by atoms with van der Waals surface area (Å²) in [6.07, 6.45) is 4.20. The molecule has 0 aliphatic carbocycles. The molecule has 1 aromatic carbocycles. The Bertz CT molecular complexity index is 614. The van der Waals surface area contributed by atoms with Crippen molar-refractivity contribution in [3.05, 3.63) is 36.7 Å². The van der Waals surface area contributed by atoms with Gasteiger partial charge in [-0.05, 0) is 30.0 Å². The Morgan fingerprint density at radius 2 is 2.26 bits per heavy atom. The molecule has 5 nitrogen and oxygen atoms in total. The molecular formula is C14H15N3O2. The summed E-state index contributed by atoms with van der Waals surface area (Å²) < 4.78 is 0. The van der Waals surface area contributed by atoms with Crippen LogP contribution in [0.3, 0.4) is 0 Å². The average Bonchev–Trinajstić information content (AvgIpc) is 2.87. The first-order valence-electron chi connectivity index (χ1n) is 6.29. The van der Waals surface area contributed by atoms with Gasteiger partial charge in [-0.25, -0.2) is 0 Å². The van der Waals surface area contributed by atoms with Gasteiger partial charge in [0, 0.05) is 36.1 Å². The summed E-state index contributed by atoms with van der Waals surface area (Å²) in [5.41, 5.74) is 1.01. The van der Waals surface area contributed by atoms with Crippen LogP contribution < -0.4 is 10.6 Å². The van der Waals surface area contributed by atoms with Crippen LogP contribution in [0, 0.1) is 0 Å². The van der Waals surface area contributed by atoms with E-state index < -0.39 is 12.0 Å². The highest BCUT2D eigenvalue weighted by atomic mass is 16.4. The summed E-state index contributed by atoms with van der Waals surface area (Å²) in [5, 5.41) is 17.5. The highest BCUT2D eigenvalue weighted by Crippen LogP contribution is 2.20. The van der Waals surface area contributed by atoms with E-state index in [0.29, 0.717) is 13.0 Å². The van der Waals surface area contributed by atoms with Gasteiger partial charge in [-0.15, -0.1) is 0 Å². The number of hydrogen-bond donors (Lipinski definition) is 3. The smallest absolute Gasteiger partial charge is 0.320 e. The third-order valence-corrected chi connectivity index (χ3v) is 3.44. The van der Waals surface area contributed by atoms with Gasteiger partial charge in [0.1, 0.15) is 6.04 Å². The number of fused-ring (bicyclic) bond motifs is 1. The molecule has 0 amide bonds. The molecule has 0 bridgehead atoms. The molecule has 0 radical (unpaired) electrons. The van der Waals surface area contributed by atoms with Gasteiger partial charge in [0.2, 0.25) is 0 Å². The Balaban J connectivity index is 1.73. The van der Waals surface area contributed by atoms with E-state index >= 15 is 0 Å². The predicted molar refractivity (Wildman–Crippen MR) is 73.2 cm³/mol. The Morgan fingerprint density at radius 3 is 3.05 bits per heavy atom. The van der Waals surface area contributed by atoms with E-state index in [4.69, 9.17) is 5.11 Å². The lowest BCUT2D eigenvalue weighted by molar-refractivity contribution is -0.139. The summed E-state index contributed by atoms with van der Waals surface area (Å²) in [6.45, 7) is 0.672. The third-order valence-electron chi connectivity index (χ3n) is 3.44. The van der Waals surface area contributed by atoms with Gasteiger partial charge < -0.3 is 15.7 Å². The maximum absolute atomic E-state index is 10.9. The van der Waals surface area contributed by atoms with Crippen molar-refractivity contribution in [3.8, 4) is 0 Å². The number of benzene rings is 1. The number of aliphatic carboxylic acids is 1. The van der Waals surface area contributed by atoms with Crippen LogP contribution in [0.5, 0.6) is 0 Å². The van der Waals surface area contributed by atoms with Crippen molar-refractivity contribution < 1.29 is 9.90 Å². The van der Waals surface area contributed by atoms with Gasteiger partial charge in [0.05, 0.1) is 0 Å². The van der Waals surface area contributed by atoms with Crippen LogP contribution in [-0.4, -0.2) is 34.7 Å². The first-order chi connectivity index (χ1) is 9.22. The fourth-order valence-corrected chi connectivity index (χ4v) is 2.44. The highest BCUT2D eigenvalue weighted by Gasteiger charge is 2.28. The van der Waals surface area contributed by atoms with E-state index in [1.807, 2.05) is 24.4 Å². The van der Waals surface area contributed by atoms with Crippen LogP contribution in [-0.2, 0) is 4.79 Å². The second-order valence-corrected chi connectivity index (χ2v) is 4.81. The Hall–Kier alpha value is -2.14. The van der Waals surface area contributed by atoms with E-state index in [2.05, 4.69) is 21.7 Å². The monoisotopic (exact) mass is 257 g/mol. The van der Waals surface area contributed by atoms with Crippen LogP contribution >= 0.6 is 0 Å². The lowest BCUT2D eigenvalue weighted by atomic mass is 10.1. The molecule has 1 aromatic heterocycles. The number of carboxylic acids is 1. The summed E-state index contributed by atoms with van der Waals surface area (Å²) in [7, 11) is 0. The molecule has 0 saturated carbocycles. The molecule has 19 heavy (non-hydrogen) atoms. The molecule has 1 aliphatic heterocycles. The largest absolute Gasteiger partial charge is 0.480 e. The molecule has 1 saturated heterocycles. The van der Waals surface area contributed by atoms with Crippen molar-refractivity contribution in [2.75, 3.05) is 11.9 Å². The van der Waals surface area contributed by atoms with Crippen molar-refractivity contribution in [1.29, 1.82) is 0 Å². The minimum Gasteiger partial charge on any atom is -0.480 e. The number of carbonyl (C=O) groups is 1. The lowest BCUT2D eigenvalue weighted by Gasteiger charge is -2.13. The van der Waals surface area contributed by atoms with E-state index in [-0.39, 0.29) is 6.04 Å². The molecular weight excluding hydrogens is 242 g/mol. The zero-order chi connectivity index (χ0) is 13.2. The zero-order valence-corrected chi connectivity index (χ0v) is 10.3. The Kier molecular flexibility index (Phi) is 3.05. The molecule has 3 rings (SSSR count). The first-order valence-corrected chi connectivity index (χ1v) is 6.29. The summed E-state index contributed by atoms with van der Waals surface area (Å²) >= 11 is 0. The number of pyridine rings is 1. The predicted octanol–water partition coefficient (Wildman–Crippen LogP) is 1.46. The fourth-order valence-electron chi connectivity index (χ4n) is 2.44. The van der Waals surface area contributed by atoms with Gasteiger partial charge in [-0.3, -0.25) is 9.78 Å². The molecule has 0 spiro atoms. The topological polar surface area (TPSA) is 74.2 Å². The fraction of sp³-hybridized carbons (Fsp3) is 0.286. The summed E-state index contributed by atoms with van der Waals surface area (Å²) in [4.78, 5) is 15.0. The molecule has 1 fully saturated rings. The van der Waals surface area contributed by atoms with Gasteiger partial charge in [0.25, 0.3) is 0 Å². The number of anilines is 1. The SMILES string of the molecule is O=C(O)[C@@H]1C[C@H](Nc2ccc3cnccc3c2)CN1. The van der Waals surface area contributed by atoms with Crippen molar-refractivity contribution in [1.82, 2.24) is 10.3 Å². The van der Waals surface area contributed by atoms with E-state index in [1.54, 1.807) is 6.20 Å². The van der Waals surface area contributed by atoms with Crippen LogP contribution in [0.2, 0.25) is 0 Å². The second-order valence-electron chi connectivity index (χ2n) is 4.81. The normalized spacial score (nSPS) is 22.5. The number of rotatable bonds is 3. The van der Waals surface area contributed by atoms with E-state index in [9.17, 15) is 4.79 Å². The molecule has 3 N–H and O–H groups in total. The molecule has 2 heterocycles. The standard InChI is InChI=1S/C14H15N3O2/c18-14(19)13-6-12(8-16-13)17-11-2-1-10-7-15-4-3-9(10)5-11/h1-5,7,12-13,16-17H,6,8H2,(H,18,19)/t12-,13-/m0/s1. The van der Waals surface area contributed by atoms with Gasteiger partial charge in [-0.1, -0.05) is 6.07 Å². The minimum atomic E-state index is -0.783. The van der Waals surface area contributed by atoms with Crippen LogP contribution in [0.25, 0.3) is 10.8 Å². The number of nitrogens with zero attached hydrogens (tertiary/aromatic N) is 1. The van der Waals surface area contributed by atoms with Crippen molar-refractivity contribution in [3.63, 3.8) is 0 Å². The van der Waals surface area contributed by atoms with Gasteiger partial charge in [-0.2, -0.15) is 0 Å². The zero-order valence-electron chi connectivity index (χ0n) is 10.3. The number of carboxylic acid groups (broad SMARTS) is 1. The molecule has 5 heteroatoms. The number of nitrogens with one attached hydrogen (secondary N) is 2. The average molecular weight is 257 g/mol. The maximum Gasteiger partial charge on any atom is 0.320 e. The summed E-state index contributed by atoms with van der Waals surface area (Å²) in [5.74, 6) is -0.783. The second kappa shape index (κ2) is 4.85. The van der Waals surface area contributed by atoms with Crippen molar-refractivity contribution in [2.45, 2.75) is 18.5 Å². The maximum atomic E-state index is 10.9. The molecule has 0 unspecified atom stereocenters. The van der Waals surface area contributed by atoms with Crippen LogP contribution in [0.1, 0.15) is 6.42 Å². The van der Waals surface area contributed by atoms with E-state index in [1.165, 1.54) is 0 Å². The molecule has 2 aromatic rings. The minimum absolute atomic E-state index is 0.153. The Morgan fingerprint density at radius 1 is 1.37 bits per heavy atom. The van der Waals surface area contributed by atoms with E-state index in [0.717, 1.165) is 16.5 Å². The highest BCUT2D eigenvalue weighted by molar-refractivity contribution is 5.84. The quantitative estimate of drug-likeness (QED) is 0.776. The van der Waals surface area contributed by atoms with Crippen molar-refractivity contribution in [2.24, 2.45) is 0 Å². The first kappa shape index (κ1) is 11.9. The number of hydrogen-bond acceptors (Lipinski definition) is 4. The van der Waals surface area contributed by atoms with Gasteiger partial charge >= 0.3 is 5.97 Å². The Labute approximate surface area is 110 Å². The molecule has 1 aliphatic rings. The molecule has 2 atom stereocenters. The van der Waals surface area contributed by atoms with Crippen LogP contribution in [0.4, 0.5) is 5.69 Å². The number of aromatic nitrogens is 1. The molecule has 98 valence electrons. The van der Waals surface area contributed by atoms with Gasteiger partial charge in [0.15, 0.2) is 0 Å². The van der Waals surface area contributed by atoms with Crippen LogP contribution in [0.15, 0.2) is 36.7 Å².